The first-order chi connectivity index (χ1) is 37.1. The van der Waals surface area contributed by atoms with E-state index in [0.29, 0.717) is 30.8 Å². The van der Waals surface area contributed by atoms with E-state index in [1.165, 1.54) is 5.57 Å². The number of unbranched alkanes of at least 4 members (excludes halogenated alkanes) is 1. The number of hydrogen-bond donors (Lipinski definition) is 0. The number of allylic oxidation sites excluding steroid dienone is 5. The molecule has 1 fully saturated rings. The van der Waals surface area contributed by atoms with E-state index in [0.717, 1.165) is 53.3 Å². The first kappa shape index (κ1) is 71.2. The van der Waals surface area contributed by atoms with Gasteiger partial charge in [0.05, 0.1) is 24.9 Å². The van der Waals surface area contributed by atoms with Crippen LogP contribution in [0.15, 0.2) is 121 Å². The van der Waals surface area contributed by atoms with Gasteiger partial charge in [0.1, 0.15) is 18.3 Å². The zero-order valence-corrected chi connectivity index (χ0v) is 58.4. The second-order valence-corrected chi connectivity index (χ2v) is 46.4. The molecule has 1 aliphatic rings. The molecule has 3 rings (SSSR count). The summed E-state index contributed by atoms with van der Waals surface area (Å²) >= 11 is 0. The first-order valence-electron chi connectivity index (χ1n) is 30.5. The van der Waals surface area contributed by atoms with Crippen LogP contribution in [-0.4, -0.2) is 88.3 Å². The van der Waals surface area contributed by atoms with E-state index in [2.05, 4.69) is 211 Å². The van der Waals surface area contributed by atoms with Crippen molar-refractivity contribution in [2.45, 2.75) is 259 Å². The lowest BCUT2D eigenvalue weighted by atomic mass is 9.88. The van der Waals surface area contributed by atoms with Crippen molar-refractivity contribution < 1.29 is 36.8 Å². The molecule has 9 atom stereocenters. The van der Waals surface area contributed by atoms with E-state index in [9.17, 15) is 4.79 Å². The smallest absolute Gasteiger partial charge is 0.333 e. The van der Waals surface area contributed by atoms with Gasteiger partial charge >= 0.3 is 5.97 Å². The number of carbonyl (C=O) groups excluding carboxylic acids is 2. The Labute approximate surface area is 493 Å². The highest BCUT2D eigenvalue weighted by atomic mass is 28.4. The van der Waals surface area contributed by atoms with Crippen LogP contribution in [0, 0.1) is 17.8 Å². The van der Waals surface area contributed by atoms with E-state index in [4.69, 9.17) is 27.2 Å². The van der Waals surface area contributed by atoms with Crippen LogP contribution in [-0.2, 0) is 36.8 Å². The van der Waals surface area contributed by atoms with Gasteiger partial charge < -0.3 is 27.2 Å². The highest BCUT2D eigenvalue weighted by molar-refractivity contribution is 6.99. The first-order valence-corrected chi connectivity index (χ1v) is 40.8. The Bertz CT molecular complexity index is 2290. The third kappa shape index (κ3) is 20.1. The van der Waals surface area contributed by atoms with Gasteiger partial charge in [-0.25, -0.2) is 4.79 Å². The predicted molar refractivity (Wildman–Crippen MR) is 350 cm³/mol. The van der Waals surface area contributed by atoms with Gasteiger partial charge in [0.15, 0.2) is 30.7 Å². The van der Waals surface area contributed by atoms with E-state index >= 15 is 4.79 Å². The van der Waals surface area contributed by atoms with Crippen LogP contribution in [0.5, 0.6) is 0 Å². The zero-order valence-electron chi connectivity index (χ0n) is 54.4. The highest BCUT2D eigenvalue weighted by Gasteiger charge is 2.52. The molecular weight excluding hydrogens is 1060 g/mol. The van der Waals surface area contributed by atoms with Crippen LogP contribution in [0.25, 0.3) is 0 Å². The van der Waals surface area contributed by atoms with Gasteiger partial charge in [-0.1, -0.05) is 207 Å². The maximum atomic E-state index is 16.1. The molecule has 0 unspecified atom stereocenters. The molecule has 1 aliphatic heterocycles. The quantitative estimate of drug-likeness (QED) is 0.0128. The van der Waals surface area contributed by atoms with Crippen molar-refractivity contribution in [1.82, 2.24) is 0 Å². The maximum absolute atomic E-state index is 16.1. The molecule has 450 valence electrons. The number of Topliss-reactive ketones (excluding diaryl/α,β-unsaturated/α-hetero) is 1. The molecular formula is C68H114O8Si4. The number of ketones is 1. The lowest BCUT2D eigenvalue weighted by molar-refractivity contribution is -0.148. The molecule has 0 spiro atoms. The van der Waals surface area contributed by atoms with Crippen molar-refractivity contribution in [2.24, 2.45) is 17.8 Å². The molecule has 0 radical (unpaired) electrons. The Kier molecular flexibility index (Phi) is 27.3. The predicted octanol–water partition coefficient (Wildman–Crippen LogP) is 17.4. The van der Waals surface area contributed by atoms with Crippen molar-refractivity contribution in [1.29, 1.82) is 0 Å². The second-order valence-electron chi connectivity index (χ2n) is 27.9. The molecule has 0 aromatic heterocycles. The summed E-state index contributed by atoms with van der Waals surface area (Å²) in [6.45, 7) is 59.3. The molecule has 0 N–H and O–H groups in total. The summed E-state index contributed by atoms with van der Waals surface area (Å²) in [4.78, 5) is 30.5. The summed E-state index contributed by atoms with van der Waals surface area (Å²) < 4.78 is 42.9. The van der Waals surface area contributed by atoms with E-state index in [-0.39, 0.29) is 70.0 Å². The Morgan fingerprint density at radius 3 is 1.69 bits per heavy atom. The van der Waals surface area contributed by atoms with Gasteiger partial charge in [0.25, 0.3) is 8.32 Å². The topological polar surface area (TPSA) is 92.8 Å². The molecule has 8 nitrogen and oxygen atoms in total. The van der Waals surface area contributed by atoms with Crippen molar-refractivity contribution >= 4 is 55.4 Å². The summed E-state index contributed by atoms with van der Waals surface area (Å²) in [5.74, 6) is -0.126. The summed E-state index contributed by atoms with van der Waals surface area (Å²) in [6.07, 6.45) is 10.3. The van der Waals surface area contributed by atoms with Crippen molar-refractivity contribution in [3.63, 3.8) is 0 Å². The molecule has 0 bridgehead atoms. The van der Waals surface area contributed by atoms with Crippen molar-refractivity contribution in [2.75, 3.05) is 6.61 Å². The molecule has 80 heavy (non-hydrogen) atoms. The number of epoxide rings is 1. The van der Waals surface area contributed by atoms with Gasteiger partial charge in [0, 0.05) is 12.0 Å². The monoisotopic (exact) mass is 1170 g/mol. The average molecular weight is 1170 g/mol. The fourth-order valence-corrected chi connectivity index (χ4v) is 20.8. The van der Waals surface area contributed by atoms with Gasteiger partial charge in [-0.15, -0.1) is 13.2 Å². The van der Waals surface area contributed by atoms with E-state index in [1.54, 1.807) is 0 Å². The number of hydrogen-bond acceptors (Lipinski definition) is 8. The summed E-state index contributed by atoms with van der Waals surface area (Å²) in [5.41, 5.74) is 2.87. The van der Waals surface area contributed by atoms with Crippen molar-refractivity contribution in [3.05, 3.63) is 121 Å². The van der Waals surface area contributed by atoms with Gasteiger partial charge in [-0.2, -0.15) is 0 Å². The Morgan fingerprint density at radius 2 is 1.23 bits per heavy atom. The molecule has 1 heterocycles. The summed E-state index contributed by atoms with van der Waals surface area (Å²) in [6, 6.07) is 23.8. The molecule has 1 saturated heterocycles. The zero-order chi connectivity index (χ0) is 60.7. The van der Waals surface area contributed by atoms with Gasteiger partial charge in [0.2, 0.25) is 0 Å². The minimum atomic E-state index is -3.08. The van der Waals surface area contributed by atoms with Crippen LogP contribution in [0.3, 0.4) is 0 Å². The van der Waals surface area contributed by atoms with Gasteiger partial charge in [-0.05, 0) is 140 Å². The Hall–Kier alpha value is -3.05. The number of rotatable bonds is 35. The molecule has 12 heteroatoms. The fourth-order valence-electron chi connectivity index (χ4n) is 10.7. The standard InChI is InChI=1S/C68H114O8Si4/c1-25-30-33-38-52(8)65(70)72-57(49-71-80(68(18,19)20,58-39-34-31-35-40-58)59-41-36-32-37-42-59)47-55(11)63(75-78(23,24)67(15,16)17)64(76-79(27-3,28-4)29-5)60(69)48-56(74-77(21,22)66(12,13)14)46-54(10)53(9)44-50(6)43-51(7)45-62-61(26-2)73-62/h25-26,31-32,34-42,44,51,54-57,61-64H,1-2,6,27-30,33,43,45-49H2,3-5,7-24H3/b52-38+,53-44+/t51-,54+,55-,56+,57-,61+,62+,63+,64+/m1/s1. The Balaban J connectivity index is 2.27. The van der Waals surface area contributed by atoms with Crippen LogP contribution in [0.2, 0.25) is 59.4 Å². The maximum Gasteiger partial charge on any atom is 0.333 e. The molecule has 2 aromatic rings. The second kappa shape index (κ2) is 30.7. The number of benzene rings is 2. The molecule has 2 aromatic carbocycles. The van der Waals surface area contributed by atoms with E-state index < -0.39 is 51.6 Å². The number of carbonyl (C=O) groups is 2. The average Bonchev–Trinajstić information content (AvgIpc) is 4.13. The molecule has 0 amide bonds. The third-order valence-electron chi connectivity index (χ3n) is 18.3. The summed E-state index contributed by atoms with van der Waals surface area (Å²) in [7, 11) is -10.6. The molecule has 0 saturated carbocycles. The lowest BCUT2D eigenvalue weighted by Crippen LogP contribution is -2.67. The molecule has 0 aliphatic carbocycles. The van der Waals surface area contributed by atoms with Crippen LogP contribution >= 0.6 is 0 Å². The Morgan fingerprint density at radius 1 is 0.700 bits per heavy atom. The van der Waals surface area contributed by atoms with E-state index in [1.807, 2.05) is 37.3 Å². The summed E-state index contributed by atoms with van der Waals surface area (Å²) in [5, 5.41) is 1.70. The van der Waals surface area contributed by atoms with Crippen molar-refractivity contribution in [3.8, 4) is 0 Å². The fraction of sp³-hybridized carbons (Fsp3) is 0.647. The highest BCUT2D eigenvalue weighted by Crippen LogP contribution is 2.43. The normalized spacial score (nSPS) is 18.8. The van der Waals surface area contributed by atoms with Crippen LogP contribution < -0.4 is 10.4 Å². The van der Waals surface area contributed by atoms with Gasteiger partial charge in [-0.3, -0.25) is 4.79 Å². The lowest BCUT2D eigenvalue weighted by Gasteiger charge is -2.46. The van der Waals surface area contributed by atoms with Crippen LogP contribution in [0.4, 0.5) is 0 Å². The minimum absolute atomic E-state index is 0.0155. The third-order valence-corrected chi connectivity index (χ3v) is 36.9. The SMILES string of the molecule is C=CCC/C=C(\C)C(=O)O[C@@H](CO[Si](c1ccccc1)(c1ccccc1)C(C)(C)C)C[C@@H](C)[C@H](O[Si](C)(C)C(C)(C)C)[C@@H](O[Si](CC)(CC)CC)C(=O)C[C@H](C[C@H](C)/C(C)=C/C(=C)C[C@@H](C)C[C@@H]1O[C@H]1C=C)O[Si](C)(C)C(C)(C)C. The minimum Gasteiger partial charge on any atom is -0.457 e. The number of esters is 1. The number of ether oxygens (including phenoxy) is 2. The largest absolute Gasteiger partial charge is 0.457 e. The van der Waals surface area contributed by atoms with Crippen LogP contribution in [0.1, 0.15) is 163 Å².